The van der Waals surface area contributed by atoms with E-state index in [1.165, 1.54) is 6.21 Å². The first-order chi connectivity index (χ1) is 14.1. The number of hydrogen-bond donors (Lipinski definition) is 2. The molecule has 0 bridgehead atoms. The average Bonchev–Trinajstić information content (AvgIpc) is 2.74. The molecule has 0 heterocycles. The first-order valence-electron chi connectivity index (χ1n) is 9.68. The number of nitrogens with one attached hydrogen (secondary N) is 2. The zero-order chi connectivity index (χ0) is 20.9. The summed E-state index contributed by atoms with van der Waals surface area (Å²) in [6.45, 7) is 5.08. The lowest BCUT2D eigenvalue weighted by Gasteiger charge is -2.06. The van der Waals surface area contributed by atoms with Gasteiger partial charge in [-0.3, -0.25) is 9.59 Å². The predicted molar refractivity (Wildman–Crippen MR) is 113 cm³/mol. The SMILES string of the molecule is CCCCOc1ccc(/C=N/NC(=O)CNC(=O)c2ccc(OCC)cc2)cc1. The quantitative estimate of drug-likeness (QED) is 0.346. The summed E-state index contributed by atoms with van der Waals surface area (Å²) in [4.78, 5) is 23.9. The number of unbranched alkanes of at least 4 members (excludes halogenated alkanes) is 1. The van der Waals surface area contributed by atoms with Gasteiger partial charge in [-0.15, -0.1) is 0 Å². The van der Waals surface area contributed by atoms with Crippen LogP contribution in [0.25, 0.3) is 0 Å². The second kappa shape index (κ2) is 12.2. The minimum absolute atomic E-state index is 0.173. The Morgan fingerprint density at radius 2 is 1.62 bits per heavy atom. The zero-order valence-corrected chi connectivity index (χ0v) is 16.8. The molecule has 0 atom stereocenters. The molecule has 0 aliphatic rings. The Balaban J connectivity index is 1.72. The molecule has 0 fully saturated rings. The van der Waals surface area contributed by atoms with E-state index >= 15 is 0 Å². The Kier molecular flexibility index (Phi) is 9.21. The minimum atomic E-state index is -0.417. The number of carbonyl (C=O) groups excluding carboxylic acids is 2. The molecule has 2 N–H and O–H groups in total. The number of carbonyl (C=O) groups is 2. The van der Waals surface area contributed by atoms with Crippen LogP contribution >= 0.6 is 0 Å². The molecule has 0 unspecified atom stereocenters. The molecule has 0 aromatic heterocycles. The molecule has 7 nitrogen and oxygen atoms in total. The highest BCUT2D eigenvalue weighted by atomic mass is 16.5. The fourth-order valence-corrected chi connectivity index (χ4v) is 2.33. The molecule has 29 heavy (non-hydrogen) atoms. The molecule has 2 rings (SSSR count). The minimum Gasteiger partial charge on any atom is -0.494 e. The fraction of sp³-hybridized carbons (Fsp3) is 0.318. The largest absolute Gasteiger partial charge is 0.494 e. The van der Waals surface area contributed by atoms with Crippen LogP contribution in [0.2, 0.25) is 0 Å². The lowest BCUT2D eigenvalue weighted by atomic mass is 10.2. The number of hydrazone groups is 1. The van der Waals surface area contributed by atoms with Gasteiger partial charge in [0.25, 0.3) is 11.8 Å². The van der Waals surface area contributed by atoms with Gasteiger partial charge in [-0.2, -0.15) is 5.10 Å². The molecule has 2 amide bonds. The lowest BCUT2D eigenvalue weighted by molar-refractivity contribution is -0.120. The molecule has 0 radical (unpaired) electrons. The Morgan fingerprint density at radius 1 is 0.966 bits per heavy atom. The maximum Gasteiger partial charge on any atom is 0.259 e. The van der Waals surface area contributed by atoms with E-state index in [4.69, 9.17) is 9.47 Å². The van der Waals surface area contributed by atoms with E-state index in [9.17, 15) is 9.59 Å². The number of amides is 2. The van der Waals surface area contributed by atoms with Gasteiger partial charge in [-0.05, 0) is 67.4 Å². The topological polar surface area (TPSA) is 89.0 Å². The molecule has 0 aliphatic heterocycles. The van der Waals surface area contributed by atoms with Crippen LogP contribution in [-0.4, -0.2) is 37.8 Å². The van der Waals surface area contributed by atoms with Crippen LogP contribution in [0.3, 0.4) is 0 Å². The van der Waals surface area contributed by atoms with Crippen molar-refractivity contribution in [3.05, 3.63) is 59.7 Å². The Labute approximate surface area is 171 Å². The number of rotatable bonds is 11. The highest BCUT2D eigenvalue weighted by Crippen LogP contribution is 2.12. The lowest BCUT2D eigenvalue weighted by Crippen LogP contribution is -2.34. The smallest absolute Gasteiger partial charge is 0.259 e. The van der Waals surface area contributed by atoms with E-state index in [-0.39, 0.29) is 12.5 Å². The Morgan fingerprint density at radius 3 is 2.28 bits per heavy atom. The van der Waals surface area contributed by atoms with Crippen molar-refractivity contribution < 1.29 is 19.1 Å². The highest BCUT2D eigenvalue weighted by molar-refractivity contribution is 5.96. The van der Waals surface area contributed by atoms with Crippen molar-refractivity contribution in [2.75, 3.05) is 19.8 Å². The molecule has 0 aliphatic carbocycles. The van der Waals surface area contributed by atoms with E-state index in [0.717, 1.165) is 24.2 Å². The number of benzene rings is 2. The van der Waals surface area contributed by atoms with Crippen molar-refractivity contribution in [1.82, 2.24) is 10.7 Å². The Bertz CT molecular complexity index is 802. The van der Waals surface area contributed by atoms with Crippen molar-refractivity contribution in [3.63, 3.8) is 0 Å². The maximum atomic E-state index is 12.1. The van der Waals surface area contributed by atoms with Gasteiger partial charge < -0.3 is 14.8 Å². The van der Waals surface area contributed by atoms with Crippen LogP contribution in [-0.2, 0) is 4.79 Å². The van der Waals surface area contributed by atoms with Crippen LogP contribution < -0.4 is 20.2 Å². The number of ether oxygens (including phenoxy) is 2. The average molecular weight is 397 g/mol. The number of nitrogens with zero attached hydrogens (tertiary/aromatic N) is 1. The molecule has 2 aromatic carbocycles. The summed E-state index contributed by atoms with van der Waals surface area (Å²) in [7, 11) is 0. The summed E-state index contributed by atoms with van der Waals surface area (Å²) in [5.41, 5.74) is 3.66. The van der Waals surface area contributed by atoms with Crippen LogP contribution in [0, 0.1) is 0 Å². The van der Waals surface area contributed by atoms with E-state index < -0.39 is 5.91 Å². The summed E-state index contributed by atoms with van der Waals surface area (Å²) < 4.78 is 10.9. The van der Waals surface area contributed by atoms with Crippen molar-refractivity contribution in [2.24, 2.45) is 5.10 Å². The summed E-state index contributed by atoms with van der Waals surface area (Å²) in [6.07, 6.45) is 3.64. The summed E-state index contributed by atoms with van der Waals surface area (Å²) >= 11 is 0. The van der Waals surface area contributed by atoms with Crippen molar-refractivity contribution >= 4 is 18.0 Å². The van der Waals surface area contributed by atoms with Crippen molar-refractivity contribution in [3.8, 4) is 11.5 Å². The van der Waals surface area contributed by atoms with Gasteiger partial charge in [-0.1, -0.05) is 13.3 Å². The van der Waals surface area contributed by atoms with Crippen LogP contribution in [0.15, 0.2) is 53.6 Å². The first kappa shape index (κ1) is 21.9. The van der Waals surface area contributed by atoms with Crippen molar-refractivity contribution in [1.29, 1.82) is 0 Å². The standard InChI is InChI=1S/C22H27N3O4/c1-3-5-14-29-20-10-6-17(7-11-20)15-24-25-21(26)16-23-22(27)18-8-12-19(13-9-18)28-4-2/h6-13,15H,3-5,14,16H2,1-2H3,(H,23,27)(H,25,26)/b24-15+. The van der Waals surface area contributed by atoms with E-state index in [2.05, 4.69) is 22.8 Å². The predicted octanol–water partition coefficient (Wildman–Crippen LogP) is 3.14. The molecular weight excluding hydrogens is 370 g/mol. The second-order valence-corrected chi connectivity index (χ2v) is 6.20. The Hall–Kier alpha value is -3.35. The summed E-state index contributed by atoms with van der Waals surface area (Å²) in [5.74, 6) is 0.735. The fourth-order valence-electron chi connectivity index (χ4n) is 2.33. The maximum absolute atomic E-state index is 12.1. The molecule has 0 saturated heterocycles. The molecular formula is C22H27N3O4. The van der Waals surface area contributed by atoms with Crippen LogP contribution in [0.4, 0.5) is 0 Å². The zero-order valence-electron chi connectivity index (χ0n) is 16.8. The molecule has 0 saturated carbocycles. The summed E-state index contributed by atoms with van der Waals surface area (Å²) in [5, 5.41) is 6.44. The third kappa shape index (κ3) is 8.04. The molecule has 154 valence electrons. The molecule has 7 heteroatoms. The van der Waals surface area contributed by atoms with Gasteiger partial charge in [0.2, 0.25) is 0 Å². The number of hydrogen-bond acceptors (Lipinski definition) is 5. The third-order valence-corrected chi connectivity index (χ3v) is 3.89. The van der Waals surface area contributed by atoms with Gasteiger partial charge >= 0.3 is 0 Å². The summed E-state index contributed by atoms with van der Waals surface area (Å²) in [6, 6.07) is 14.1. The van der Waals surface area contributed by atoms with E-state index in [0.29, 0.717) is 24.5 Å². The monoisotopic (exact) mass is 397 g/mol. The van der Waals surface area contributed by atoms with Crippen LogP contribution in [0.5, 0.6) is 11.5 Å². The van der Waals surface area contributed by atoms with Gasteiger partial charge in [0.05, 0.1) is 26.0 Å². The second-order valence-electron chi connectivity index (χ2n) is 6.20. The van der Waals surface area contributed by atoms with Gasteiger partial charge in [-0.25, -0.2) is 5.43 Å². The van der Waals surface area contributed by atoms with Crippen LogP contribution in [0.1, 0.15) is 42.6 Å². The molecule has 0 spiro atoms. The van der Waals surface area contributed by atoms with Gasteiger partial charge in [0, 0.05) is 5.56 Å². The van der Waals surface area contributed by atoms with E-state index in [1.54, 1.807) is 24.3 Å². The van der Waals surface area contributed by atoms with Gasteiger partial charge in [0.1, 0.15) is 11.5 Å². The van der Waals surface area contributed by atoms with E-state index in [1.807, 2.05) is 31.2 Å². The third-order valence-electron chi connectivity index (χ3n) is 3.89. The highest BCUT2D eigenvalue weighted by Gasteiger charge is 2.07. The first-order valence-corrected chi connectivity index (χ1v) is 9.68. The molecule has 2 aromatic rings. The van der Waals surface area contributed by atoms with Gasteiger partial charge in [0.15, 0.2) is 0 Å². The normalized spacial score (nSPS) is 10.6. The van der Waals surface area contributed by atoms with Crippen molar-refractivity contribution in [2.45, 2.75) is 26.7 Å².